The van der Waals surface area contributed by atoms with Gasteiger partial charge in [-0.25, -0.2) is 5.01 Å². The van der Waals surface area contributed by atoms with Crippen molar-refractivity contribution in [3.05, 3.63) is 10.1 Å². The molecule has 1 saturated carbocycles. The molecular weight excluding hydrogens is 170 g/mol. The van der Waals surface area contributed by atoms with Crippen LogP contribution in [0.2, 0.25) is 0 Å². The van der Waals surface area contributed by atoms with E-state index >= 15 is 0 Å². The predicted molar refractivity (Wildman–Crippen MR) is 50.3 cm³/mol. The molecule has 0 aromatic rings. The molecule has 0 spiro atoms. The molecule has 5 nitrogen and oxygen atoms in total. The van der Waals surface area contributed by atoms with Gasteiger partial charge >= 0.3 is 0 Å². The molecule has 1 aliphatic rings. The Morgan fingerprint density at radius 2 is 2.00 bits per heavy atom. The van der Waals surface area contributed by atoms with E-state index in [4.69, 9.17) is 0 Å². The van der Waals surface area contributed by atoms with Crippen molar-refractivity contribution in [2.45, 2.75) is 45.1 Å². The molecule has 1 aliphatic carbocycles. The summed E-state index contributed by atoms with van der Waals surface area (Å²) in [6, 6.07) is 0.217. The lowest BCUT2D eigenvalue weighted by Crippen LogP contribution is -2.43. The van der Waals surface area contributed by atoms with Gasteiger partial charge in [-0.1, -0.05) is 26.2 Å². The second-order valence-corrected chi connectivity index (χ2v) is 3.38. The standard InChI is InChI=1S/C8H16N3O2/c1-2-10(11(13)9-12)8-6-4-3-5-7-8/h8H,2-7H2,1H3/q-1. The van der Waals surface area contributed by atoms with Crippen LogP contribution < -0.4 is 0 Å². The third-order valence-corrected chi connectivity index (χ3v) is 2.61. The van der Waals surface area contributed by atoms with Gasteiger partial charge in [0.05, 0.1) is 5.29 Å². The summed E-state index contributed by atoms with van der Waals surface area (Å²) in [6.07, 6.45) is 5.54. The minimum Gasteiger partial charge on any atom is -0.724 e. The van der Waals surface area contributed by atoms with Gasteiger partial charge in [-0.3, -0.25) is 5.28 Å². The zero-order valence-electron chi connectivity index (χ0n) is 7.98. The molecule has 0 atom stereocenters. The molecule has 0 bridgehead atoms. The normalized spacial score (nSPS) is 19.0. The van der Waals surface area contributed by atoms with Crippen LogP contribution >= 0.6 is 0 Å². The Kier molecular flexibility index (Phi) is 4.11. The third-order valence-electron chi connectivity index (χ3n) is 2.61. The highest BCUT2D eigenvalue weighted by Crippen LogP contribution is 2.23. The van der Waals surface area contributed by atoms with Crippen LogP contribution in [0.25, 0.3) is 0 Å². The summed E-state index contributed by atoms with van der Waals surface area (Å²) in [4.78, 5) is 10.1. The molecule has 1 fully saturated rings. The van der Waals surface area contributed by atoms with E-state index in [0.717, 1.165) is 25.7 Å². The number of nitroso groups, excluding NO2 is 1. The fraction of sp³-hybridized carbons (Fsp3) is 1.00. The summed E-state index contributed by atoms with van der Waals surface area (Å²) in [7, 11) is 0. The van der Waals surface area contributed by atoms with E-state index in [0.29, 0.717) is 6.54 Å². The fourth-order valence-electron chi connectivity index (χ4n) is 1.94. The van der Waals surface area contributed by atoms with Crippen molar-refractivity contribution in [2.75, 3.05) is 6.54 Å². The Hall–Kier alpha value is -0.680. The Morgan fingerprint density at radius 3 is 2.46 bits per heavy atom. The van der Waals surface area contributed by atoms with Gasteiger partial charge in [-0.05, 0) is 12.8 Å². The van der Waals surface area contributed by atoms with Crippen molar-refractivity contribution in [3.63, 3.8) is 0 Å². The van der Waals surface area contributed by atoms with Crippen molar-refractivity contribution in [1.29, 1.82) is 0 Å². The predicted octanol–water partition coefficient (Wildman–Crippen LogP) is 2.04. The highest BCUT2D eigenvalue weighted by atomic mass is 16.6. The summed E-state index contributed by atoms with van der Waals surface area (Å²) in [5.41, 5.74) is 0. The summed E-state index contributed by atoms with van der Waals surface area (Å²) in [6.45, 7) is 2.42. The first-order valence-electron chi connectivity index (χ1n) is 4.86. The van der Waals surface area contributed by atoms with E-state index in [9.17, 15) is 10.1 Å². The Morgan fingerprint density at radius 1 is 1.38 bits per heavy atom. The van der Waals surface area contributed by atoms with Crippen LogP contribution in [0.15, 0.2) is 5.29 Å². The molecule has 0 aromatic heterocycles. The quantitative estimate of drug-likeness (QED) is 0.498. The highest BCUT2D eigenvalue weighted by Gasteiger charge is 2.20. The molecule has 1 rings (SSSR count). The van der Waals surface area contributed by atoms with Crippen LogP contribution in [-0.4, -0.2) is 22.9 Å². The van der Waals surface area contributed by atoms with Gasteiger partial charge in [-0.15, -0.1) is 4.91 Å². The molecule has 0 radical (unpaired) electrons. The molecule has 0 aliphatic heterocycles. The van der Waals surface area contributed by atoms with Crippen LogP contribution in [0.4, 0.5) is 0 Å². The maximum atomic E-state index is 11.0. The minimum absolute atomic E-state index is 0.190. The van der Waals surface area contributed by atoms with Crippen LogP contribution in [-0.2, 0) is 0 Å². The summed E-state index contributed by atoms with van der Waals surface area (Å²) in [5, 5.41) is 15.1. The lowest BCUT2D eigenvalue weighted by Gasteiger charge is -2.40. The molecule has 0 amide bonds. The number of hydrazine groups is 1. The molecule has 76 valence electrons. The zero-order chi connectivity index (χ0) is 9.68. The average molecular weight is 186 g/mol. The lowest BCUT2D eigenvalue weighted by atomic mass is 9.95. The first kappa shape index (κ1) is 10.4. The first-order chi connectivity index (χ1) is 6.29. The van der Waals surface area contributed by atoms with E-state index in [-0.39, 0.29) is 11.3 Å². The average Bonchev–Trinajstić information content (AvgIpc) is 2.20. The van der Waals surface area contributed by atoms with Gasteiger partial charge < -0.3 is 5.21 Å². The molecule has 0 N–H and O–H groups in total. The Bertz CT molecular complexity index is 159. The summed E-state index contributed by atoms with van der Waals surface area (Å²) < 4.78 is 0. The van der Waals surface area contributed by atoms with Crippen molar-refractivity contribution >= 4 is 0 Å². The van der Waals surface area contributed by atoms with E-state index in [1.807, 2.05) is 6.92 Å². The number of hydrogen-bond acceptors (Lipinski definition) is 4. The SMILES string of the molecule is CCN(C1CCCCC1)N([O-])N=O. The molecule has 5 heteroatoms. The first-order valence-corrected chi connectivity index (χ1v) is 4.86. The van der Waals surface area contributed by atoms with E-state index in [2.05, 4.69) is 5.29 Å². The Labute approximate surface area is 78.2 Å². The van der Waals surface area contributed by atoms with Crippen molar-refractivity contribution < 1.29 is 0 Å². The summed E-state index contributed by atoms with van der Waals surface area (Å²) in [5.74, 6) is 0. The Balaban J connectivity index is 2.48. The fourth-order valence-corrected chi connectivity index (χ4v) is 1.94. The lowest BCUT2D eigenvalue weighted by molar-refractivity contribution is -0.0288. The number of nitrogens with zero attached hydrogens (tertiary/aromatic N) is 3. The second-order valence-electron chi connectivity index (χ2n) is 3.38. The number of hydrogen-bond donors (Lipinski definition) is 0. The van der Waals surface area contributed by atoms with Crippen LogP contribution in [0, 0.1) is 10.1 Å². The van der Waals surface area contributed by atoms with E-state index < -0.39 is 0 Å². The summed E-state index contributed by atoms with van der Waals surface area (Å²) >= 11 is 0. The smallest absolute Gasteiger partial charge is 0.0579 e. The topological polar surface area (TPSA) is 59.0 Å². The molecule has 0 aromatic carbocycles. The minimum atomic E-state index is 0.190. The van der Waals surface area contributed by atoms with Gasteiger partial charge in [0.15, 0.2) is 0 Å². The molecular formula is C8H16N3O2-. The monoisotopic (exact) mass is 186 g/mol. The van der Waals surface area contributed by atoms with Crippen molar-refractivity contribution in [2.24, 2.45) is 5.29 Å². The van der Waals surface area contributed by atoms with Crippen LogP contribution in [0.5, 0.6) is 0 Å². The molecule has 0 unspecified atom stereocenters. The van der Waals surface area contributed by atoms with E-state index in [1.165, 1.54) is 11.4 Å². The molecule has 0 saturated heterocycles. The van der Waals surface area contributed by atoms with Crippen molar-refractivity contribution in [1.82, 2.24) is 10.3 Å². The van der Waals surface area contributed by atoms with Gasteiger partial charge in [0.2, 0.25) is 0 Å². The van der Waals surface area contributed by atoms with Gasteiger partial charge in [-0.2, -0.15) is 0 Å². The van der Waals surface area contributed by atoms with E-state index in [1.54, 1.807) is 0 Å². The van der Waals surface area contributed by atoms with Gasteiger partial charge in [0, 0.05) is 12.6 Å². The second kappa shape index (κ2) is 5.14. The largest absolute Gasteiger partial charge is 0.724 e. The number of rotatable bonds is 4. The maximum absolute atomic E-state index is 11.0. The van der Waals surface area contributed by atoms with Gasteiger partial charge in [0.1, 0.15) is 0 Å². The van der Waals surface area contributed by atoms with Crippen LogP contribution in [0.1, 0.15) is 39.0 Å². The molecule has 13 heavy (non-hydrogen) atoms. The molecule has 0 heterocycles. The van der Waals surface area contributed by atoms with Crippen molar-refractivity contribution in [3.8, 4) is 0 Å². The third kappa shape index (κ3) is 2.63. The van der Waals surface area contributed by atoms with Crippen LogP contribution in [0.3, 0.4) is 0 Å². The highest BCUT2D eigenvalue weighted by molar-refractivity contribution is 4.73. The van der Waals surface area contributed by atoms with Gasteiger partial charge in [0.25, 0.3) is 0 Å². The zero-order valence-corrected chi connectivity index (χ0v) is 7.98. The maximum Gasteiger partial charge on any atom is 0.0579 e.